The number of carbonyl (C=O) groups is 2. The quantitative estimate of drug-likeness (QED) is 0.812. The molecule has 0 bridgehead atoms. The third-order valence-electron chi connectivity index (χ3n) is 5.24. The van der Waals surface area contributed by atoms with Crippen LogP contribution in [0.5, 0.6) is 5.75 Å². The third-order valence-corrected chi connectivity index (χ3v) is 5.24. The molecular weight excluding hydrogens is 348 g/mol. The predicted octanol–water partition coefficient (Wildman–Crippen LogP) is 2.91. The zero-order chi connectivity index (χ0) is 19.4. The van der Waals surface area contributed by atoms with E-state index in [1.165, 1.54) is 23.3 Å². The second kappa shape index (κ2) is 7.70. The maximum absolute atomic E-state index is 12.4. The Balaban J connectivity index is 1.58. The lowest BCUT2D eigenvalue weighted by Gasteiger charge is -2.38. The lowest BCUT2D eigenvalue weighted by Crippen LogP contribution is -2.51. The highest BCUT2D eigenvalue weighted by Gasteiger charge is 2.39. The molecular formula is C20H22N2O5. The number of phenolic OH excluding ortho intramolecular Hbond substituents is 1. The molecule has 2 aromatic rings. The van der Waals surface area contributed by atoms with Crippen LogP contribution in [0.4, 0.5) is 0 Å². The van der Waals surface area contributed by atoms with Gasteiger partial charge < -0.3 is 19.2 Å². The van der Waals surface area contributed by atoms with E-state index in [9.17, 15) is 20.0 Å². The van der Waals surface area contributed by atoms with Crippen molar-refractivity contribution in [3.8, 4) is 11.8 Å². The monoisotopic (exact) mass is 370 g/mol. The second-order valence-electron chi connectivity index (χ2n) is 6.94. The summed E-state index contributed by atoms with van der Waals surface area (Å²) in [4.78, 5) is 26.0. The summed E-state index contributed by atoms with van der Waals surface area (Å²) in [6.45, 7) is -0.394. The van der Waals surface area contributed by atoms with E-state index in [0.717, 1.165) is 19.3 Å². The van der Waals surface area contributed by atoms with Gasteiger partial charge in [-0.15, -0.1) is 0 Å². The maximum atomic E-state index is 12.4. The molecule has 1 aromatic heterocycles. The summed E-state index contributed by atoms with van der Waals surface area (Å²) >= 11 is 0. The Labute approximate surface area is 157 Å². The predicted molar refractivity (Wildman–Crippen MR) is 96.7 cm³/mol. The Bertz CT molecular complexity index is 889. The van der Waals surface area contributed by atoms with E-state index in [1.54, 1.807) is 13.1 Å². The molecule has 1 aliphatic carbocycles. The fourth-order valence-corrected chi connectivity index (χ4v) is 3.55. The molecule has 7 nitrogen and oxygen atoms in total. The van der Waals surface area contributed by atoms with E-state index >= 15 is 0 Å². The van der Waals surface area contributed by atoms with E-state index < -0.39 is 18.1 Å². The topological polar surface area (TPSA) is 104 Å². The molecule has 1 N–H and O–H groups in total. The van der Waals surface area contributed by atoms with Gasteiger partial charge in [0.05, 0.1) is 18.8 Å². The van der Waals surface area contributed by atoms with Crippen LogP contribution in [-0.2, 0) is 20.7 Å². The van der Waals surface area contributed by atoms with Crippen molar-refractivity contribution in [2.24, 2.45) is 0 Å². The normalized spacial score (nSPS) is 15.9. The van der Waals surface area contributed by atoms with Gasteiger partial charge in [-0.2, -0.15) is 5.26 Å². The Morgan fingerprint density at radius 1 is 1.33 bits per heavy atom. The van der Waals surface area contributed by atoms with E-state index in [1.807, 2.05) is 0 Å². The minimum absolute atomic E-state index is 0.0435. The molecule has 1 amide bonds. The number of amides is 1. The number of hydrogen-bond acceptors (Lipinski definition) is 6. The second-order valence-corrected chi connectivity index (χ2v) is 6.94. The van der Waals surface area contributed by atoms with Gasteiger partial charge in [0, 0.05) is 24.1 Å². The number of carbonyl (C=O) groups excluding carboxylic acids is 2. The van der Waals surface area contributed by atoms with Crippen LogP contribution in [0.15, 0.2) is 28.9 Å². The van der Waals surface area contributed by atoms with Crippen molar-refractivity contribution in [2.75, 3.05) is 13.7 Å². The molecule has 27 heavy (non-hydrogen) atoms. The van der Waals surface area contributed by atoms with Crippen LogP contribution in [0.25, 0.3) is 11.0 Å². The van der Waals surface area contributed by atoms with E-state index in [4.69, 9.17) is 9.15 Å². The van der Waals surface area contributed by atoms with Crippen LogP contribution < -0.4 is 0 Å². The van der Waals surface area contributed by atoms with Gasteiger partial charge in [-0.3, -0.25) is 9.59 Å². The number of nitriles is 1. The Hall–Kier alpha value is -3.01. The van der Waals surface area contributed by atoms with Gasteiger partial charge in [0.25, 0.3) is 5.91 Å². The molecule has 1 fully saturated rings. The number of aromatic hydroxyl groups is 1. The van der Waals surface area contributed by atoms with Crippen LogP contribution in [-0.4, -0.2) is 41.1 Å². The molecule has 142 valence electrons. The van der Waals surface area contributed by atoms with Gasteiger partial charge in [-0.1, -0.05) is 19.3 Å². The molecule has 3 rings (SSSR count). The van der Waals surface area contributed by atoms with Gasteiger partial charge in [0.2, 0.25) is 0 Å². The number of rotatable bonds is 5. The molecule has 0 unspecified atom stereocenters. The number of fused-ring (bicyclic) bond motifs is 1. The van der Waals surface area contributed by atoms with Crippen LogP contribution in [0.3, 0.4) is 0 Å². The minimum Gasteiger partial charge on any atom is -0.508 e. The van der Waals surface area contributed by atoms with E-state index in [-0.39, 0.29) is 18.1 Å². The first kappa shape index (κ1) is 18.8. The zero-order valence-electron chi connectivity index (χ0n) is 15.2. The summed E-state index contributed by atoms with van der Waals surface area (Å²) in [5, 5.41) is 19.7. The Morgan fingerprint density at radius 3 is 2.78 bits per heavy atom. The molecule has 7 heteroatoms. The Morgan fingerprint density at radius 2 is 2.07 bits per heavy atom. The first-order valence-corrected chi connectivity index (χ1v) is 8.98. The number of hydrogen-bond donors (Lipinski definition) is 1. The van der Waals surface area contributed by atoms with Crippen molar-refractivity contribution in [1.29, 1.82) is 5.26 Å². The molecule has 1 aromatic carbocycles. The lowest BCUT2D eigenvalue weighted by atomic mass is 9.81. The van der Waals surface area contributed by atoms with E-state index in [0.29, 0.717) is 29.4 Å². The van der Waals surface area contributed by atoms with Crippen LogP contribution in [0, 0.1) is 11.3 Å². The summed E-state index contributed by atoms with van der Waals surface area (Å²) < 4.78 is 10.4. The number of nitrogens with zero attached hydrogens (tertiary/aromatic N) is 2. The highest BCUT2D eigenvalue weighted by molar-refractivity contribution is 5.87. The van der Waals surface area contributed by atoms with Gasteiger partial charge in [-0.25, -0.2) is 0 Å². The number of furan rings is 1. The summed E-state index contributed by atoms with van der Waals surface area (Å²) in [5.74, 6) is -0.857. The number of likely N-dealkylation sites (N-methyl/N-ethyl adjacent to an activating group) is 1. The number of ether oxygens (including phenoxy) is 1. The molecule has 1 saturated carbocycles. The van der Waals surface area contributed by atoms with Gasteiger partial charge in [-0.05, 0) is 25.0 Å². The van der Waals surface area contributed by atoms with E-state index in [2.05, 4.69) is 6.07 Å². The number of esters is 1. The highest BCUT2D eigenvalue weighted by atomic mass is 16.5. The molecule has 1 aliphatic rings. The third kappa shape index (κ3) is 3.90. The summed E-state index contributed by atoms with van der Waals surface area (Å²) in [5.41, 5.74) is 0.295. The number of benzene rings is 1. The van der Waals surface area contributed by atoms with Crippen LogP contribution in [0.1, 0.15) is 37.7 Å². The highest BCUT2D eigenvalue weighted by Crippen LogP contribution is 2.32. The van der Waals surface area contributed by atoms with Gasteiger partial charge in [0.15, 0.2) is 6.61 Å². The average molecular weight is 370 g/mol. The molecule has 0 aliphatic heterocycles. The molecule has 0 radical (unpaired) electrons. The minimum atomic E-state index is -0.801. The zero-order valence-corrected chi connectivity index (χ0v) is 15.2. The standard InChI is InChI=1S/C20H22N2O5/c1-22(20(13-21)7-3-2-4-8-20)18(24)12-27-19(25)9-14-11-26-17-10-15(23)5-6-16(14)17/h5-6,10-11,23H,2-4,7-9,12H2,1H3. The van der Waals surface area contributed by atoms with Crippen molar-refractivity contribution in [1.82, 2.24) is 4.90 Å². The molecule has 0 saturated heterocycles. The van der Waals surface area contributed by atoms with Crippen molar-refractivity contribution in [2.45, 2.75) is 44.1 Å². The average Bonchev–Trinajstić information content (AvgIpc) is 3.07. The first-order chi connectivity index (χ1) is 12.9. The van der Waals surface area contributed by atoms with Crippen molar-refractivity contribution >= 4 is 22.8 Å². The summed E-state index contributed by atoms with van der Waals surface area (Å²) in [7, 11) is 1.60. The van der Waals surface area contributed by atoms with Crippen molar-refractivity contribution in [3.63, 3.8) is 0 Å². The van der Waals surface area contributed by atoms with Crippen LogP contribution in [0.2, 0.25) is 0 Å². The smallest absolute Gasteiger partial charge is 0.310 e. The lowest BCUT2D eigenvalue weighted by molar-refractivity contribution is -0.153. The molecule has 1 heterocycles. The fraction of sp³-hybridized carbons (Fsp3) is 0.450. The first-order valence-electron chi connectivity index (χ1n) is 8.98. The van der Waals surface area contributed by atoms with Crippen LogP contribution >= 0.6 is 0 Å². The number of phenols is 1. The fourth-order valence-electron chi connectivity index (χ4n) is 3.55. The maximum Gasteiger partial charge on any atom is 0.310 e. The van der Waals surface area contributed by atoms with Gasteiger partial charge >= 0.3 is 5.97 Å². The summed E-state index contributed by atoms with van der Waals surface area (Å²) in [6.07, 6.45) is 5.57. The molecule has 0 spiro atoms. The SMILES string of the molecule is CN(C(=O)COC(=O)Cc1coc2cc(O)ccc12)C1(C#N)CCCCC1. The largest absolute Gasteiger partial charge is 0.508 e. The molecule has 0 atom stereocenters. The summed E-state index contributed by atoms with van der Waals surface area (Å²) in [6, 6.07) is 6.92. The van der Waals surface area contributed by atoms with Crippen molar-refractivity contribution < 1.29 is 23.8 Å². The Kier molecular flexibility index (Phi) is 5.36. The van der Waals surface area contributed by atoms with Gasteiger partial charge in [0.1, 0.15) is 16.9 Å². The van der Waals surface area contributed by atoms with Crippen molar-refractivity contribution in [3.05, 3.63) is 30.0 Å².